The van der Waals surface area contributed by atoms with E-state index in [4.69, 9.17) is 4.74 Å². The predicted molar refractivity (Wildman–Crippen MR) is 121 cm³/mol. The Morgan fingerprint density at radius 3 is 2.19 bits per heavy atom. The molecule has 2 aliphatic rings. The maximum absolute atomic E-state index is 13.3. The normalized spacial score (nSPS) is 25.5. The lowest BCUT2D eigenvalue weighted by Crippen LogP contribution is -2.65. The molecule has 0 N–H and O–H groups in total. The van der Waals surface area contributed by atoms with E-state index in [1.165, 1.54) is 6.92 Å². The van der Waals surface area contributed by atoms with Crippen LogP contribution in [0.5, 0.6) is 0 Å². The molecule has 196 valence electrons. The van der Waals surface area contributed by atoms with E-state index < -0.39 is 35.1 Å². The van der Waals surface area contributed by atoms with Crippen LogP contribution < -0.4 is 0 Å². The highest BCUT2D eigenvalue weighted by atomic mass is 19.4. The van der Waals surface area contributed by atoms with Crippen molar-refractivity contribution in [2.45, 2.75) is 56.7 Å². The Balaban J connectivity index is 1.62. The van der Waals surface area contributed by atoms with E-state index in [2.05, 4.69) is 4.90 Å². The van der Waals surface area contributed by atoms with Crippen molar-refractivity contribution < 1.29 is 35.9 Å². The number of hydrogen-bond acceptors (Lipinski definition) is 3. The van der Waals surface area contributed by atoms with Crippen LogP contribution in [-0.2, 0) is 27.4 Å². The van der Waals surface area contributed by atoms with Gasteiger partial charge in [-0.2, -0.15) is 26.3 Å². The molecule has 0 aliphatic carbocycles. The van der Waals surface area contributed by atoms with Crippen molar-refractivity contribution in [3.8, 4) is 0 Å². The highest BCUT2D eigenvalue weighted by Gasteiger charge is 2.47. The molecular weight excluding hydrogens is 486 g/mol. The van der Waals surface area contributed by atoms with E-state index in [9.17, 15) is 31.1 Å². The van der Waals surface area contributed by atoms with Crippen LogP contribution in [-0.4, -0.2) is 48.0 Å². The Morgan fingerprint density at radius 1 is 1.03 bits per heavy atom. The first kappa shape index (κ1) is 26.5. The van der Waals surface area contributed by atoms with Crippen LogP contribution >= 0.6 is 0 Å². The fourth-order valence-corrected chi connectivity index (χ4v) is 5.36. The van der Waals surface area contributed by atoms with E-state index in [1.54, 1.807) is 6.92 Å². The van der Waals surface area contributed by atoms with Gasteiger partial charge in [-0.15, -0.1) is 0 Å². The van der Waals surface area contributed by atoms with Gasteiger partial charge in [-0.3, -0.25) is 9.69 Å². The van der Waals surface area contributed by atoms with Crippen LogP contribution in [0.15, 0.2) is 48.5 Å². The molecule has 0 radical (unpaired) electrons. The van der Waals surface area contributed by atoms with Crippen LogP contribution in [0.1, 0.15) is 55.0 Å². The smallest absolute Gasteiger partial charge is 0.372 e. The summed E-state index contributed by atoms with van der Waals surface area (Å²) < 4.78 is 86.1. The fraction of sp³-hybridized carbons (Fsp3) is 0.500. The van der Waals surface area contributed by atoms with Crippen LogP contribution in [0.25, 0.3) is 0 Å². The number of amides is 1. The van der Waals surface area contributed by atoms with Gasteiger partial charge in [-0.25, -0.2) is 0 Å². The van der Waals surface area contributed by atoms with Crippen molar-refractivity contribution in [1.82, 2.24) is 9.80 Å². The fourth-order valence-electron chi connectivity index (χ4n) is 5.36. The molecule has 2 fully saturated rings. The lowest BCUT2D eigenvalue weighted by molar-refractivity contribution is -0.144. The van der Waals surface area contributed by atoms with Crippen molar-refractivity contribution in [2.24, 2.45) is 0 Å². The minimum Gasteiger partial charge on any atom is -0.372 e. The number of hydrogen-bond donors (Lipinski definition) is 0. The van der Waals surface area contributed by atoms with Gasteiger partial charge in [-0.1, -0.05) is 30.3 Å². The van der Waals surface area contributed by atoms with Crippen LogP contribution in [0.2, 0.25) is 0 Å². The summed E-state index contributed by atoms with van der Waals surface area (Å²) in [5.74, 6) is 0.0155. The van der Waals surface area contributed by atoms with Gasteiger partial charge < -0.3 is 9.64 Å². The highest BCUT2D eigenvalue weighted by Crippen LogP contribution is 2.43. The summed E-state index contributed by atoms with van der Waals surface area (Å²) in [4.78, 5) is 16.1. The van der Waals surface area contributed by atoms with Crippen LogP contribution in [0.4, 0.5) is 26.3 Å². The first-order valence-electron chi connectivity index (χ1n) is 11.8. The summed E-state index contributed by atoms with van der Waals surface area (Å²) in [5.41, 5.74) is -2.55. The van der Waals surface area contributed by atoms with Crippen molar-refractivity contribution in [3.05, 3.63) is 70.8 Å². The molecule has 4 rings (SSSR count). The third-order valence-corrected chi connectivity index (χ3v) is 7.35. The van der Waals surface area contributed by atoms with Gasteiger partial charge in [0.15, 0.2) is 0 Å². The number of carbonyl (C=O) groups excluding carboxylic acids is 1. The number of halogens is 6. The van der Waals surface area contributed by atoms with Gasteiger partial charge in [-0.05, 0) is 49.1 Å². The van der Waals surface area contributed by atoms with Gasteiger partial charge in [0.1, 0.15) is 0 Å². The summed E-state index contributed by atoms with van der Waals surface area (Å²) in [6.45, 7) is 4.85. The van der Waals surface area contributed by atoms with Gasteiger partial charge in [0, 0.05) is 32.6 Å². The van der Waals surface area contributed by atoms with Gasteiger partial charge in [0.25, 0.3) is 0 Å². The molecule has 2 saturated heterocycles. The molecule has 0 spiro atoms. The summed E-state index contributed by atoms with van der Waals surface area (Å²) in [6.07, 6.45) is -9.50. The van der Waals surface area contributed by atoms with Crippen molar-refractivity contribution >= 4 is 5.91 Å². The predicted octanol–water partition coefficient (Wildman–Crippen LogP) is 6.02. The van der Waals surface area contributed by atoms with Crippen molar-refractivity contribution in [1.29, 1.82) is 0 Å². The maximum atomic E-state index is 13.3. The number of fused-ring (bicyclic) bond motifs is 2. The first-order valence-corrected chi connectivity index (χ1v) is 11.8. The number of nitrogens with zero attached hydrogens (tertiary/aromatic N) is 2. The first-order chi connectivity index (χ1) is 16.8. The average Bonchev–Trinajstić information content (AvgIpc) is 2.83. The Bertz CT molecular complexity index is 1060. The zero-order valence-electron chi connectivity index (χ0n) is 20.0. The molecule has 2 aromatic carbocycles. The van der Waals surface area contributed by atoms with E-state index >= 15 is 0 Å². The summed E-state index contributed by atoms with van der Waals surface area (Å²) in [5, 5.41) is 0. The number of piperidine rings is 1. The van der Waals surface area contributed by atoms with E-state index in [0.717, 1.165) is 17.7 Å². The SMILES string of the molecule is CC(=O)N1CCN2C[C@H]1CC[C@@]2(CO[C@H](C)c1cc(C(F)(F)F)cc(C(F)(F)F)c1)c1ccccc1. The molecule has 2 bridgehead atoms. The third kappa shape index (κ3) is 5.25. The maximum Gasteiger partial charge on any atom is 0.416 e. The van der Waals surface area contributed by atoms with Gasteiger partial charge in [0.2, 0.25) is 5.91 Å². The number of piperazine rings is 1. The largest absolute Gasteiger partial charge is 0.416 e. The number of ether oxygens (including phenoxy) is 1. The second-order valence-electron chi connectivity index (χ2n) is 9.54. The van der Waals surface area contributed by atoms with E-state index in [-0.39, 0.29) is 30.2 Å². The summed E-state index contributed by atoms with van der Waals surface area (Å²) in [7, 11) is 0. The van der Waals surface area contributed by atoms with E-state index in [0.29, 0.717) is 32.5 Å². The quantitative estimate of drug-likeness (QED) is 0.458. The molecule has 0 aromatic heterocycles. The average molecular weight is 515 g/mol. The topological polar surface area (TPSA) is 32.8 Å². The monoisotopic (exact) mass is 514 g/mol. The van der Waals surface area contributed by atoms with Crippen LogP contribution in [0, 0.1) is 0 Å². The molecule has 2 aliphatic heterocycles. The Hall–Kier alpha value is -2.59. The molecule has 4 nitrogen and oxygen atoms in total. The lowest BCUT2D eigenvalue weighted by atomic mass is 9.78. The molecule has 2 aromatic rings. The van der Waals surface area contributed by atoms with Crippen LogP contribution in [0.3, 0.4) is 0 Å². The number of benzene rings is 2. The standard InChI is InChI=1S/C26H28F6N2O2/c1-17(19-12-21(25(27,28)29)14-22(13-19)26(30,31)32)36-16-24(20-6-4-3-5-7-20)9-8-23-15-33(24)10-11-34(23)18(2)35/h3-7,12-14,17,23H,8-11,15-16H2,1-2H3/t17-,23-,24-/m1/s1. The Labute approximate surface area is 205 Å². The number of rotatable bonds is 5. The number of carbonyl (C=O) groups is 1. The van der Waals surface area contributed by atoms with Crippen molar-refractivity contribution in [3.63, 3.8) is 0 Å². The lowest BCUT2D eigenvalue weighted by Gasteiger charge is -2.55. The molecule has 2 heterocycles. The van der Waals surface area contributed by atoms with Gasteiger partial charge in [0.05, 0.1) is 29.4 Å². The highest BCUT2D eigenvalue weighted by molar-refractivity contribution is 5.73. The second kappa shape index (κ2) is 9.70. The Kier molecular flexibility index (Phi) is 7.13. The molecule has 0 saturated carbocycles. The molecule has 1 amide bonds. The second-order valence-corrected chi connectivity index (χ2v) is 9.54. The summed E-state index contributed by atoms with van der Waals surface area (Å²) in [6, 6.07) is 11.2. The summed E-state index contributed by atoms with van der Waals surface area (Å²) >= 11 is 0. The molecule has 36 heavy (non-hydrogen) atoms. The Morgan fingerprint density at radius 2 is 1.64 bits per heavy atom. The zero-order valence-corrected chi connectivity index (χ0v) is 20.0. The van der Waals surface area contributed by atoms with Crippen molar-refractivity contribution in [2.75, 3.05) is 26.2 Å². The number of alkyl halides is 6. The zero-order chi connectivity index (χ0) is 26.3. The molecular formula is C26H28F6N2O2. The van der Waals surface area contributed by atoms with E-state index in [1.807, 2.05) is 35.2 Å². The van der Waals surface area contributed by atoms with Gasteiger partial charge >= 0.3 is 12.4 Å². The molecule has 10 heteroatoms. The third-order valence-electron chi connectivity index (χ3n) is 7.35. The minimum absolute atomic E-state index is 0.0155. The molecule has 4 atom stereocenters. The minimum atomic E-state index is -4.92. The molecule has 1 unspecified atom stereocenters.